The maximum Gasteiger partial charge on any atom is 0.300 e. The molecule has 2 aliphatic rings. The van der Waals surface area contributed by atoms with Gasteiger partial charge in [-0.05, 0) is 66.4 Å². The van der Waals surface area contributed by atoms with Crippen molar-refractivity contribution in [3.8, 4) is 28.7 Å². The Balaban J connectivity index is 1.76. The van der Waals surface area contributed by atoms with Gasteiger partial charge in [-0.3, -0.25) is 14.5 Å². The molecule has 1 fully saturated rings. The number of rotatable bonds is 6. The monoisotopic (exact) mass is 517 g/mol. The molecule has 196 valence electrons. The molecular formula is C29H27NO8. The number of anilines is 1. The molecule has 0 aromatic heterocycles. The van der Waals surface area contributed by atoms with Crippen LogP contribution in [0.5, 0.6) is 28.7 Å². The highest BCUT2D eigenvalue weighted by molar-refractivity contribution is 6.52. The van der Waals surface area contributed by atoms with Crippen LogP contribution in [0, 0.1) is 0 Å². The number of amides is 1. The highest BCUT2D eigenvalue weighted by Gasteiger charge is 2.48. The second-order valence-corrected chi connectivity index (χ2v) is 8.89. The molecule has 2 N–H and O–H groups in total. The van der Waals surface area contributed by atoms with E-state index in [1.165, 1.54) is 38.4 Å². The summed E-state index contributed by atoms with van der Waals surface area (Å²) in [5, 5.41) is 22.1. The number of ether oxygens (including phenoxy) is 4. The molecule has 1 amide bonds. The fraction of sp³-hybridized carbons (Fsp3) is 0.241. The summed E-state index contributed by atoms with van der Waals surface area (Å²) in [4.78, 5) is 28.2. The van der Waals surface area contributed by atoms with Crippen molar-refractivity contribution in [2.45, 2.75) is 18.9 Å². The molecule has 2 aliphatic heterocycles. The van der Waals surface area contributed by atoms with Gasteiger partial charge in [-0.2, -0.15) is 0 Å². The van der Waals surface area contributed by atoms with Crippen molar-refractivity contribution in [1.82, 2.24) is 0 Å². The van der Waals surface area contributed by atoms with Crippen LogP contribution in [-0.4, -0.2) is 49.8 Å². The van der Waals surface area contributed by atoms with Gasteiger partial charge in [0.2, 0.25) is 5.75 Å². The molecule has 3 aromatic rings. The van der Waals surface area contributed by atoms with E-state index < -0.39 is 17.7 Å². The average molecular weight is 518 g/mol. The van der Waals surface area contributed by atoms with Crippen molar-refractivity contribution in [1.29, 1.82) is 0 Å². The number of Topliss-reactive ketones (excluding diaryl/α,β-unsaturated/α-hetero) is 1. The lowest BCUT2D eigenvalue weighted by Crippen LogP contribution is -2.29. The lowest BCUT2D eigenvalue weighted by Gasteiger charge is -2.27. The Kier molecular flexibility index (Phi) is 6.59. The number of hydrogen-bond donors (Lipinski definition) is 2. The van der Waals surface area contributed by atoms with Gasteiger partial charge in [-0.1, -0.05) is 12.1 Å². The third-order valence-corrected chi connectivity index (χ3v) is 6.77. The molecule has 0 radical (unpaired) electrons. The van der Waals surface area contributed by atoms with Gasteiger partial charge in [0.1, 0.15) is 17.3 Å². The van der Waals surface area contributed by atoms with Crippen LogP contribution in [0.3, 0.4) is 0 Å². The van der Waals surface area contributed by atoms with Crippen molar-refractivity contribution in [2.75, 3.05) is 32.8 Å². The summed E-state index contributed by atoms with van der Waals surface area (Å²) >= 11 is 0. The predicted molar refractivity (Wildman–Crippen MR) is 139 cm³/mol. The van der Waals surface area contributed by atoms with E-state index in [2.05, 4.69) is 0 Å². The van der Waals surface area contributed by atoms with Gasteiger partial charge < -0.3 is 29.2 Å². The highest BCUT2D eigenvalue weighted by atomic mass is 16.5. The Bertz CT molecular complexity index is 1440. The zero-order chi connectivity index (χ0) is 27.0. The summed E-state index contributed by atoms with van der Waals surface area (Å²) in [5.41, 5.74) is 1.67. The molecule has 5 rings (SSSR count). The minimum atomic E-state index is -1.11. The Morgan fingerprint density at radius 1 is 0.974 bits per heavy atom. The number of para-hydroxylation sites is 2. The van der Waals surface area contributed by atoms with Crippen LogP contribution in [0.15, 0.2) is 60.2 Å². The van der Waals surface area contributed by atoms with E-state index in [1.54, 1.807) is 42.5 Å². The van der Waals surface area contributed by atoms with Crippen molar-refractivity contribution in [2.24, 2.45) is 0 Å². The largest absolute Gasteiger partial charge is 0.507 e. The topological polar surface area (TPSA) is 115 Å². The molecule has 0 bridgehead atoms. The third-order valence-electron chi connectivity index (χ3n) is 6.77. The fourth-order valence-corrected chi connectivity index (χ4v) is 4.99. The van der Waals surface area contributed by atoms with Gasteiger partial charge in [-0.25, -0.2) is 0 Å². The van der Waals surface area contributed by atoms with E-state index in [4.69, 9.17) is 18.9 Å². The number of hydrogen-bond acceptors (Lipinski definition) is 8. The first-order valence-corrected chi connectivity index (χ1v) is 12.0. The summed E-state index contributed by atoms with van der Waals surface area (Å²) in [7, 11) is 4.38. The number of aromatic hydroxyl groups is 1. The quantitative estimate of drug-likeness (QED) is 0.282. The number of ketones is 1. The van der Waals surface area contributed by atoms with Gasteiger partial charge >= 0.3 is 0 Å². The van der Waals surface area contributed by atoms with E-state index >= 15 is 0 Å². The minimum Gasteiger partial charge on any atom is -0.507 e. The molecule has 2 heterocycles. The molecule has 0 aliphatic carbocycles. The second kappa shape index (κ2) is 10.0. The number of methoxy groups -OCH3 is 3. The second-order valence-electron chi connectivity index (χ2n) is 8.89. The number of benzene rings is 3. The number of aryl methyl sites for hydroxylation is 1. The molecule has 0 saturated carbocycles. The number of aliphatic hydroxyl groups excluding tert-OH is 1. The maximum atomic E-state index is 13.5. The Morgan fingerprint density at radius 3 is 2.34 bits per heavy atom. The molecule has 3 aromatic carbocycles. The van der Waals surface area contributed by atoms with Crippen molar-refractivity contribution < 1.29 is 38.7 Å². The molecule has 1 unspecified atom stereocenters. The first-order chi connectivity index (χ1) is 18.4. The summed E-state index contributed by atoms with van der Waals surface area (Å²) in [6, 6.07) is 13.5. The molecular weight excluding hydrogens is 490 g/mol. The Labute approximate surface area is 219 Å². The molecule has 0 spiro atoms. The van der Waals surface area contributed by atoms with Crippen molar-refractivity contribution in [3.05, 3.63) is 76.9 Å². The summed E-state index contributed by atoms with van der Waals surface area (Å²) in [6.45, 7) is 0.616. The standard InChI is InChI=1S/C29H27NO8/c1-35-22-14-18(15-23(36-2)28(22)37-3)25-24(26(32)17-10-11-21-16(13-17)7-6-12-38-21)27(33)29(34)30(25)19-8-4-5-9-20(19)31/h4-5,8-11,13-15,25,31-32H,6-7,12H2,1-3H3/b26-24+. The van der Waals surface area contributed by atoms with Crippen LogP contribution in [0.4, 0.5) is 5.69 Å². The lowest BCUT2D eigenvalue weighted by molar-refractivity contribution is -0.132. The molecule has 9 nitrogen and oxygen atoms in total. The van der Waals surface area contributed by atoms with Crippen molar-refractivity contribution in [3.63, 3.8) is 0 Å². The van der Waals surface area contributed by atoms with E-state index in [1.807, 2.05) is 0 Å². The first kappa shape index (κ1) is 25.0. The van der Waals surface area contributed by atoms with Gasteiger partial charge in [0.05, 0.1) is 45.2 Å². The van der Waals surface area contributed by atoms with Crippen LogP contribution in [0.2, 0.25) is 0 Å². The Morgan fingerprint density at radius 2 is 1.68 bits per heavy atom. The smallest absolute Gasteiger partial charge is 0.300 e. The lowest BCUT2D eigenvalue weighted by atomic mass is 9.93. The van der Waals surface area contributed by atoms with Crippen LogP contribution < -0.4 is 23.8 Å². The summed E-state index contributed by atoms with van der Waals surface area (Å²) in [5.74, 6) is -0.666. The molecule has 1 atom stereocenters. The minimum absolute atomic E-state index is 0.117. The number of nitrogens with zero attached hydrogens (tertiary/aromatic N) is 1. The van der Waals surface area contributed by atoms with Gasteiger partial charge in [0.25, 0.3) is 11.7 Å². The maximum absolute atomic E-state index is 13.5. The highest BCUT2D eigenvalue weighted by Crippen LogP contribution is 2.48. The number of phenolic OH excluding ortho intramolecular Hbond substituents is 1. The van der Waals surface area contributed by atoms with Crippen LogP contribution >= 0.6 is 0 Å². The molecule has 38 heavy (non-hydrogen) atoms. The van der Waals surface area contributed by atoms with E-state index in [-0.39, 0.29) is 22.8 Å². The molecule has 9 heteroatoms. The number of aliphatic hydroxyl groups is 1. The average Bonchev–Trinajstić information content (AvgIpc) is 3.21. The van der Waals surface area contributed by atoms with Crippen molar-refractivity contribution >= 4 is 23.1 Å². The van der Waals surface area contributed by atoms with Gasteiger partial charge in [0, 0.05) is 5.56 Å². The number of phenols is 1. The van der Waals surface area contributed by atoms with Gasteiger partial charge in [-0.15, -0.1) is 0 Å². The zero-order valence-corrected chi connectivity index (χ0v) is 21.2. The normalized spacial score (nSPS) is 18.1. The fourth-order valence-electron chi connectivity index (χ4n) is 4.99. The van der Waals surface area contributed by atoms with Crippen LogP contribution in [0.25, 0.3) is 5.76 Å². The van der Waals surface area contributed by atoms with E-state index in [0.717, 1.165) is 24.2 Å². The van der Waals surface area contributed by atoms with Crippen LogP contribution in [-0.2, 0) is 16.0 Å². The van der Waals surface area contributed by atoms with Crippen LogP contribution in [0.1, 0.15) is 29.2 Å². The third kappa shape index (κ3) is 4.06. The number of fused-ring (bicyclic) bond motifs is 1. The predicted octanol–water partition coefficient (Wildman–Crippen LogP) is 4.37. The number of carbonyl (C=O) groups is 2. The first-order valence-electron chi connectivity index (χ1n) is 12.0. The number of carbonyl (C=O) groups excluding carboxylic acids is 2. The Hall–Kier alpha value is -4.66. The molecule has 1 saturated heterocycles. The SMILES string of the molecule is COc1cc(C2/C(=C(\O)c3ccc4c(c3)CCCO4)C(=O)C(=O)N2c2ccccc2O)cc(OC)c1OC. The summed E-state index contributed by atoms with van der Waals surface area (Å²) in [6.07, 6.45) is 1.60. The van der Waals surface area contributed by atoms with Gasteiger partial charge in [0.15, 0.2) is 11.5 Å². The summed E-state index contributed by atoms with van der Waals surface area (Å²) < 4.78 is 22.1. The zero-order valence-electron chi connectivity index (χ0n) is 21.2. The van der Waals surface area contributed by atoms with E-state index in [9.17, 15) is 19.8 Å². The van der Waals surface area contributed by atoms with E-state index in [0.29, 0.717) is 35.0 Å².